The summed E-state index contributed by atoms with van der Waals surface area (Å²) in [5.74, 6) is 0. The van der Waals surface area contributed by atoms with Gasteiger partial charge >= 0.3 is 0 Å². The predicted octanol–water partition coefficient (Wildman–Crippen LogP) is 2.92. The molecule has 0 N–H and O–H groups in total. The minimum absolute atomic E-state index is 0. The van der Waals surface area contributed by atoms with Crippen molar-refractivity contribution in [3.8, 4) is 0 Å². The number of hydrogen-bond acceptors (Lipinski definition) is 0. The van der Waals surface area contributed by atoms with Crippen LogP contribution in [0.5, 0.6) is 0 Å². The highest BCUT2D eigenvalue weighted by Crippen LogP contribution is 2.68. The second-order valence-electron chi connectivity index (χ2n) is 6.48. The number of benzene rings is 4. The van der Waals surface area contributed by atoms with E-state index < -0.39 is 7.26 Å². The SMILES string of the molecule is ClC(c1ccccc1)[P+](c1ccccc1)(c1ccccc1)c1ccccc1.[Cl-]. The zero-order valence-electron chi connectivity index (χ0n) is 15.3. The van der Waals surface area contributed by atoms with Gasteiger partial charge in [-0.15, -0.1) is 0 Å². The smallest absolute Gasteiger partial charge is 0.181 e. The first-order valence-electron chi connectivity index (χ1n) is 9.08. The molecule has 28 heavy (non-hydrogen) atoms. The molecule has 0 saturated heterocycles. The summed E-state index contributed by atoms with van der Waals surface area (Å²) in [6, 6.07) is 42.7. The van der Waals surface area contributed by atoms with Crippen molar-refractivity contribution in [1.29, 1.82) is 0 Å². The maximum atomic E-state index is 7.38. The minimum atomic E-state index is -2.10. The standard InChI is InChI=1S/C25H21ClP.ClH/c26-25(21-13-5-1-6-14-21)27(22-15-7-2-8-16-22,23-17-9-3-10-18-23)24-19-11-4-12-20-24;/h1-20,25H;1H/q+1;/p-1. The van der Waals surface area contributed by atoms with E-state index in [1.165, 1.54) is 15.9 Å². The fraction of sp³-hybridized carbons (Fsp3) is 0.0400. The van der Waals surface area contributed by atoms with Crippen LogP contribution in [0.4, 0.5) is 0 Å². The lowest BCUT2D eigenvalue weighted by molar-refractivity contribution is -0.00000509. The van der Waals surface area contributed by atoms with Gasteiger partial charge in [0, 0.05) is 5.56 Å². The van der Waals surface area contributed by atoms with Crippen LogP contribution < -0.4 is 28.3 Å². The number of halogens is 2. The van der Waals surface area contributed by atoms with E-state index in [-0.39, 0.29) is 17.5 Å². The van der Waals surface area contributed by atoms with E-state index >= 15 is 0 Å². The third-order valence-corrected chi connectivity index (χ3v) is 10.4. The summed E-state index contributed by atoms with van der Waals surface area (Å²) in [4.78, 5) is 0. The molecule has 1 unspecified atom stereocenters. The van der Waals surface area contributed by atoms with Crippen LogP contribution in [0.15, 0.2) is 121 Å². The van der Waals surface area contributed by atoms with Crippen LogP contribution in [0.25, 0.3) is 0 Å². The first-order chi connectivity index (χ1) is 13.3. The van der Waals surface area contributed by atoms with Crippen molar-refractivity contribution in [3.63, 3.8) is 0 Å². The summed E-state index contributed by atoms with van der Waals surface area (Å²) >= 11 is 7.38. The van der Waals surface area contributed by atoms with E-state index in [4.69, 9.17) is 11.6 Å². The lowest BCUT2D eigenvalue weighted by atomic mass is 10.2. The van der Waals surface area contributed by atoms with Gasteiger partial charge in [-0.05, 0) is 36.4 Å². The van der Waals surface area contributed by atoms with Crippen LogP contribution in [0.2, 0.25) is 0 Å². The average Bonchev–Trinajstić information content (AvgIpc) is 2.77. The van der Waals surface area contributed by atoms with Gasteiger partial charge in [0.05, 0.1) is 0 Å². The fourth-order valence-corrected chi connectivity index (χ4v) is 9.05. The van der Waals surface area contributed by atoms with Gasteiger partial charge in [0.25, 0.3) is 0 Å². The Kier molecular flexibility index (Phi) is 6.92. The molecule has 140 valence electrons. The van der Waals surface area contributed by atoms with Crippen LogP contribution in [-0.2, 0) is 0 Å². The van der Waals surface area contributed by atoms with Crippen molar-refractivity contribution in [3.05, 3.63) is 127 Å². The average molecular weight is 423 g/mol. The molecule has 4 rings (SSSR count). The molecular formula is C25H21Cl2P. The van der Waals surface area contributed by atoms with Crippen LogP contribution in [-0.4, -0.2) is 0 Å². The van der Waals surface area contributed by atoms with E-state index in [0.29, 0.717) is 0 Å². The Hall–Kier alpha value is -2.11. The third-order valence-electron chi connectivity index (χ3n) is 4.91. The van der Waals surface area contributed by atoms with E-state index in [0.717, 1.165) is 5.56 Å². The van der Waals surface area contributed by atoms with Gasteiger partial charge in [-0.25, -0.2) is 0 Å². The zero-order valence-corrected chi connectivity index (χ0v) is 17.7. The van der Waals surface area contributed by atoms with Crippen LogP contribution >= 0.6 is 18.9 Å². The highest BCUT2D eigenvalue weighted by atomic mass is 35.5. The zero-order chi connectivity index (χ0) is 18.5. The van der Waals surface area contributed by atoms with Gasteiger partial charge in [-0.2, -0.15) is 0 Å². The molecule has 0 amide bonds. The molecule has 0 aromatic heterocycles. The molecule has 0 aliphatic carbocycles. The highest BCUT2D eigenvalue weighted by Gasteiger charge is 2.52. The third kappa shape index (κ3) is 3.74. The van der Waals surface area contributed by atoms with Gasteiger partial charge in [0.15, 0.2) is 5.12 Å². The Morgan fingerprint density at radius 1 is 0.464 bits per heavy atom. The molecule has 0 saturated carbocycles. The summed E-state index contributed by atoms with van der Waals surface area (Å²) in [6.07, 6.45) is 0. The van der Waals surface area contributed by atoms with Crippen molar-refractivity contribution in [2.24, 2.45) is 0 Å². The van der Waals surface area contributed by atoms with Crippen molar-refractivity contribution >= 4 is 34.8 Å². The Morgan fingerprint density at radius 2 is 0.750 bits per heavy atom. The van der Waals surface area contributed by atoms with E-state index in [1.54, 1.807) is 0 Å². The van der Waals surface area contributed by atoms with Crippen LogP contribution in [0.3, 0.4) is 0 Å². The molecule has 3 heteroatoms. The van der Waals surface area contributed by atoms with Gasteiger partial charge < -0.3 is 12.4 Å². The van der Waals surface area contributed by atoms with E-state index in [1.807, 2.05) is 6.07 Å². The maximum absolute atomic E-state index is 7.38. The Balaban J connectivity index is 0.00000225. The summed E-state index contributed by atoms with van der Waals surface area (Å²) < 4.78 is 0. The van der Waals surface area contributed by atoms with Crippen molar-refractivity contribution < 1.29 is 12.4 Å². The van der Waals surface area contributed by atoms with Crippen molar-refractivity contribution in [2.75, 3.05) is 0 Å². The Bertz CT molecular complexity index is 877. The summed E-state index contributed by atoms with van der Waals surface area (Å²) in [5, 5.41) is 3.75. The second-order valence-corrected chi connectivity index (χ2v) is 10.7. The second kappa shape index (κ2) is 9.39. The highest BCUT2D eigenvalue weighted by molar-refractivity contribution is 7.96. The lowest BCUT2D eigenvalue weighted by Crippen LogP contribution is -3.00. The number of hydrogen-bond donors (Lipinski definition) is 0. The maximum Gasteiger partial charge on any atom is 0.181 e. The quantitative estimate of drug-likeness (QED) is 0.342. The molecule has 0 radical (unpaired) electrons. The topological polar surface area (TPSA) is 0 Å². The summed E-state index contributed by atoms with van der Waals surface area (Å²) in [5.41, 5.74) is 1.16. The predicted molar refractivity (Wildman–Crippen MR) is 120 cm³/mol. The molecule has 1 atom stereocenters. The van der Waals surface area contributed by atoms with Crippen molar-refractivity contribution in [1.82, 2.24) is 0 Å². The van der Waals surface area contributed by atoms with E-state index in [9.17, 15) is 0 Å². The fourth-order valence-electron chi connectivity index (χ4n) is 3.66. The molecule has 0 heterocycles. The molecule has 4 aromatic carbocycles. The largest absolute Gasteiger partial charge is 1.00 e. The Morgan fingerprint density at radius 3 is 1.07 bits per heavy atom. The van der Waals surface area contributed by atoms with Gasteiger partial charge in [0.1, 0.15) is 23.2 Å². The monoisotopic (exact) mass is 422 g/mol. The van der Waals surface area contributed by atoms with Crippen LogP contribution in [0, 0.1) is 0 Å². The molecule has 0 aliphatic heterocycles. The first-order valence-corrected chi connectivity index (χ1v) is 11.4. The Labute approximate surface area is 179 Å². The molecule has 4 aromatic rings. The first kappa shape index (κ1) is 20.6. The molecule has 0 spiro atoms. The van der Waals surface area contributed by atoms with Crippen molar-refractivity contribution in [2.45, 2.75) is 5.12 Å². The summed E-state index contributed by atoms with van der Waals surface area (Å²) in [7, 11) is -2.10. The number of rotatable bonds is 5. The van der Waals surface area contributed by atoms with E-state index in [2.05, 4.69) is 115 Å². The molecule has 0 nitrogen and oxygen atoms in total. The molecule has 0 bridgehead atoms. The van der Waals surface area contributed by atoms with Crippen LogP contribution in [0.1, 0.15) is 10.7 Å². The molecule has 0 fully saturated rings. The minimum Gasteiger partial charge on any atom is -1.00 e. The molecule has 0 aliphatic rings. The van der Waals surface area contributed by atoms with Gasteiger partial charge in [0.2, 0.25) is 0 Å². The lowest BCUT2D eigenvalue weighted by Gasteiger charge is -2.31. The molecular weight excluding hydrogens is 402 g/mol. The number of alkyl halides is 1. The summed E-state index contributed by atoms with van der Waals surface area (Å²) in [6.45, 7) is 0. The normalized spacial score (nSPS) is 12.0. The van der Waals surface area contributed by atoms with Gasteiger partial charge in [-0.1, -0.05) is 96.5 Å². The van der Waals surface area contributed by atoms with Gasteiger partial charge in [-0.3, -0.25) is 0 Å².